The van der Waals surface area contributed by atoms with Crippen molar-refractivity contribution in [1.29, 1.82) is 5.26 Å². The molecule has 0 aliphatic carbocycles. The molecule has 0 saturated carbocycles. The summed E-state index contributed by atoms with van der Waals surface area (Å²) in [4.78, 5) is 11.9. The molecule has 6 nitrogen and oxygen atoms in total. The van der Waals surface area contributed by atoms with Gasteiger partial charge in [-0.2, -0.15) is 5.26 Å². The third-order valence-electron chi connectivity index (χ3n) is 5.56. The highest BCUT2D eigenvalue weighted by Gasteiger charge is 2.46. The minimum atomic E-state index is -1.21. The second-order valence-electron chi connectivity index (χ2n) is 7.20. The van der Waals surface area contributed by atoms with Crippen LogP contribution in [0.1, 0.15) is 12.0 Å². The average molecular weight is 379 g/mol. The molecule has 0 bridgehead atoms. The van der Waals surface area contributed by atoms with E-state index in [1.54, 1.807) is 7.11 Å². The second-order valence-corrected chi connectivity index (χ2v) is 7.20. The zero-order valence-electron chi connectivity index (χ0n) is 15.9. The monoisotopic (exact) mass is 379 g/mol. The largest absolute Gasteiger partial charge is 0.497 e. The molecule has 4 N–H and O–H groups in total. The fourth-order valence-electron chi connectivity index (χ4n) is 3.72. The fourth-order valence-corrected chi connectivity index (χ4v) is 3.72. The minimum Gasteiger partial charge on any atom is -0.497 e. The molecule has 0 aromatic heterocycles. The lowest BCUT2D eigenvalue weighted by Crippen LogP contribution is -2.63. The summed E-state index contributed by atoms with van der Waals surface area (Å²) in [6.07, 6.45) is 0.821. The second kappa shape index (κ2) is 8.42. The number of carbonyl (C=O) groups excluding carboxylic acids is 1. The van der Waals surface area contributed by atoms with E-state index in [0.29, 0.717) is 19.4 Å². The molecule has 1 aliphatic heterocycles. The van der Waals surface area contributed by atoms with Crippen LogP contribution in [0.2, 0.25) is 0 Å². The van der Waals surface area contributed by atoms with Crippen molar-refractivity contribution in [3.63, 3.8) is 0 Å². The molecule has 3 unspecified atom stereocenters. The van der Waals surface area contributed by atoms with Crippen molar-refractivity contribution >= 4 is 5.91 Å². The van der Waals surface area contributed by atoms with E-state index in [2.05, 4.69) is 6.07 Å². The van der Waals surface area contributed by atoms with Crippen molar-refractivity contribution in [2.45, 2.75) is 18.4 Å². The van der Waals surface area contributed by atoms with Gasteiger partial charge < -0.3 is 20.9 Å². The lowest BCUT2D eigenvalue weighted by molar-refractivity contribution is -0.131. The van der Waals surface area contributed by atoms with E-state index < -0.39 is 23.3 Å². The van der Waals surface area contributed by atoms with Gasteiger partial charge in [0.25, 0.3) is 0 Å². The molecule has 3 rings (SSSR count). The first-order valence-corrected chi connectivity index (χ1v) is 9.27. The number of hydrogen-bond donors (Lipinski definition) is 2. The first-order valence-electron chi connectivity index (χ1n) is 9.27. The fraction of sp³-hybridized carbons (Fsp3) is 0.364. The van der Waals surface area contributed by atoms with Crippen LogP contribution in [0.4, 0.5) is 0 Å². The van der Waals surface area contributed by atoms with E-state index >= 15 is 0 Å². The number of amides is 1. The van der Waals surface area contributed by atoms with E-state index in [1.807, 2.05) is 48.5 Å². The Kier molecular flexibility index (Phi) is 5.98. The van der Waals surface area contributed by atoms with Gasteiger partial charge in [0, 0.05) is 12.5 Å². The standard InChI is InChI=1S/C22H25N3O3/c1-27-19-8-6-17(7-9-19)16-4-2-15(3-5-16)12-18(13-23)20-14-28-11-10-22(20,25)21(24)26/h2-9,18,20H,10-12,14,25H2,1H3,(H2,24,26). The van der Waals surface area contributed by atoms with E-state index in [0.717, 1.165) is 22.4 Å². The van der Waals surface area contributed by atoms with Crippen LogP contribution < -0.4 is 16.2 Å². The molecule has 1 fully saturated rings. The highest BCUT2D eigenvalue weighted by Crippen LogP contribution is 2.32. The maximum atomic E-state index is 11.9. The number of benzene rings is 2. The zero-order chi connectivity index (χ0) is 20.1. The van der Waals surface area contributed by atoms with Crippen LogP contribution in [0, 0.1) is 23.2 Å². The SMILES string of the molecule is COc1ccc(-c2ccc(CC(C#N)C3COCCC3(N)C(N)=O)cc2)cc1. The van der Waals surface area contributed by atoms with Gasteiger partial charge in [0.2, 0.25) is 5.91 Å². The average Bonchev–Trinajstić information content (AvgIpc) is 2.73. The van der Waals surface area contributed by atoms with Crippen LogP contribution in [-0.2, 0) is 16.0 Å². The predicted molar refractivity (Wildman–Crippen MR) is 106 cm³/mol. The zero-order valence-corrected chi connectivity index (χ0v) is 15.9. The highest BCUT2D eigenvalue weighted by atomic mass is 16.5. The molecule has 1 heterocycles. The summed E-state index contributed by atoms with van der Waals surface area (Å²) in [7, 11) is 1.64. The molecule has 1 amide bonds. The Hall–Kier alpha value is -2.88. The first-order chi connectivity index (χ1) is 13.5. The van der Waals surface area contributed by atoms with E-state index in [1.165, 1.54) is 0 Å². The molecule has 146 valence electrons. The van der Waals surface area contributed by atoms with Crippen molar-refractivity contribution < 1.29 is 14.3 Å². The molecule has 2 aromatic carbocycles. The summed E-state index contributed by atoms with van der Waals surface area (Å²) in [5.41, 5.74) is 13.8. The van der Waals surface area contributed by atoms with Gasteiger partial charge in [0.1, 0.15) is 11.3 Å². The van der Waals surface area contributed by atoms with Crippen molar-refractivity contribution in [1.82, 2.24) is 0 Å². The van der Waals surface area contributed by atoms with Crippen LogP contribution in [-0.4, -0.2) is 31.8 Å². The number of primary amides is 1. The van der Waals surface area contributed by atoms with Gasteiger partial charge in [-0.1, -0.05) is 36.4 Å². The summed E-state index contributed by atoms with van der Waals surface area (Å²) in [5, 5.41) is 9.71. The molecule has 1 saturated heterocycles. The Morgan fingerprint density at radius 2 is 1.86 bits per heavy atom. The molecular formula is C22H25N3O3. The van der Waals surface area contributed by atoms with Gasteiger partial charge >= 0.3 is 0 Å². The summed E-state index contributed by atoms with van der Waals surface area (Å²) in [6.45, 7) is 0.645. The number of nitrogens with two attached hydrogens (primary N) is 2. The molecule has 6 heteroatoms. The quantitative estimate of drug-likeness (QED) is 0.800. The number of rotatable bonds is 6. The van der Waals surface area contributed by atoms with E-state index in [4.69, 9.17) is 20.9 Å². The Morgan fingerprint density at radius 1 is 1.25 bits per heavy atom. The minimum absolute atomic E-state index is 0.265. The topological polar surface area (TPSA) is 111 Å². The third kappa shape index (κ3) is 4.01. The normalized spacial score (nSPS) is 22.8. The summed E-state index contributed by atoms with van der Waals surface area (Å²) in [5.74, 6) is -0.641. The van der Waals surface area contributed by atoms with Crippen LogP contribution in [0.25, 0.3) is 11.1 Å². The van der Waals surface area contributed by atoms with Gasteiger partial charge in [-0.25, -0.2) is 0 Å². The number of ether oxygens (including phenoxy) is 2. The van der Waals surface area contributed by atoms with Crippen LogP contribution >= 0.6 is 0 Å². The number of nitriles is 1. The predicted octanol–water partition coefficient (Wildman–Crippen LogP) is 2.26. The van der Waals surface area contributed by atoms with Crippen molar-refractivity contribution in [3.8, 4) is 22.9 Å². The highest BCUT2D eigenvalue weighted by molar-refractivity contribution is 5.85. The first kappa shape index (κ1) is 19.9. The molecular weight excluding hydrogens is 354 g/mol. The number of nitrogens with zero attached hydrogens (tertiary/aromatic N) is 1. The Morgan fingerprint density at radius 3 is 2.39 bits per heavy atom. The van der Waals surface area contributed by atoms with Crippen LogP contribution in [0.5, 0.6) is 5.75 Å². The van der Waals surface area contributed by atoms with Crippen LogP contribution in [0.15, 0.2) is 48.5 Å². The van der Waals surface area contributed by atoms with Gasteiger partial charge in [0.15, 0.2) is 0 Å². The third-order valence-corrected chi connectivity index (χ3v) is 5.56. The Bertz CT molecular complexity index is 858. The molecule has 0 radical (unpaired) electrons. The Balaban J connectivity index is 1.76. The van der Waals surface area contributed by atoms with E-state index in [-0.39, 0.29) is 6.61 Å². The molecule has 0 spiro atoms. The smallest absolute Gasteiger partial charge is 0.238 e. The molecule has 2 aromatic rings. The van der Waals surface area contributed by atoms with Gasteiger partial charge in [-0.05, 0) is 41.7 Å². The van der Waals surface area contributed by atoms with Crippen LogP contribution in [0.3, 0.4) is 0 Å². The number of methoxy groups -OCH3 is 1. The Labute approximate surface area is 165 Å². The van der Waals surface area contributed by atoms with Gasteiger partial charge in [0.05, 0.1) is 25.7 Å². The van der Waals surface area contributed by atoms with Crippen molar-refractivity contribution in [3.05, 3.63) is 54.1 Å². The summed E-state index contributed by atoms with van der Waals surface area (Å²) < 4.78 is 10.7. The van der Waals surface area contributed by atoms with E-state index in [9.17, 15) is 10.1 Å². The van der Waals surface area contributed by atoms with Gasteiger partial charge in [-0.3, -0.25) is 4.79 Å². The maximum absolute atomic E-state index is 11.9. The maximum Gasteiger partial charge on any atom is 0.238 e. The summed E-state index contributed by atoms with van der Waals surface area (Å²) >= 11 is 0. The molecule has 1 aliphatic rings. The lowest BCUT2D eigenvalue weighted by Gasteiger charge is -2.40. The molecule has 3 atom stereocenters. The number of carbonyl (C=O) groups is 1. The number of hydrogen-bond acceptors (Lipinski definition) is 5. The lowest BCUT2D eigenvalue weighted by atomic mass is 9.71. The summed E-state index contributed by atoms with van der Waals surface area (Å²) in [6, 6.07) is 18.2. The van der Waals surface area contributed by atoms with Crippen molar-refractivity contribution in [2.75, 3.05) is 20.3 Å². The van der Waals surface area contributed by atoms with Crippen molar-refractivity contribution in [2.24, 2.45) is 23.3 Å². The molecule has 28 heavy (non-hydrogen) atoms. The van der Waals surface area contributed by atoms with Gasteiger partial charge in [-0.15, -0.1) is 0 Å².